The Morgan fingerprint density at radius 3 is 1.89 bits per heavy atom. The molecule has 1 aromatic carbocycles. The zero-order valence-electron chi connectivity index (χ0n) is 10.7. The van der Waals surface area contributed by atoms with Crippen molar-refractivity contribution < 1.29 is 8.78 Å². The first kappa shape index (κ1) is 12.4. The minimum Gasteiger partial charge on any atom is -0.366 e. The maximum absolute atomic E-state index is 14.1. The molecule has 0 aromatic heterocycles. The van der Waals surface area contributed by atoms with Crippen LogP contribution in [0.1, 0.15) is 31.2 Å². The van der Waals surface area contributed by atoms with Crippen molar-refractivity contribution in [2.24, 2.45) is 11.8 Å². The van der Waals surface area contributed by atoms with Gasteiger partial charge in [-0.25, -0.2) is 8.78 Å². The van der Waals surface area contributed by atoms with E-state index in [9.17, 15) is 8.78 Å². The monoisotopic (exact) mass is 262 g/mol. The summed E-state index contributed by atoms with van der Waals surface area (Å²) in [6, 6.07) is 4.04. The third kappa shape index (κ3) is 2.86. The molecule has 1 aromatic rings. The van der Waals surface area contributed by atoms with Crippen molar-refractivity contribution in [2.75, 3.05) is 18.0 Å². The largest absolute Gasteiger partial charge is 0.366 e. The normalized spacial score (nSPS) is 18.2. The van der Waals surface area contributed by atoms with Crippen LogP contribution < -0.4 is 4.90 Å². The molecule has 2 aliphatic rings. The van der Waals surface area contributed by atoms with Crippen LogP contribution in [0.3, 0.4) is 0 Å². The van der Waals surface area contributed by atoms with Gasteiger partial charge in [-0.1, -0.05) is 0 Å². The highest BCUT2D eigenvalue weighted by Crippen LogP contribution is 2.37. The van der Waals surface area contributed by atoms with E-state index in [4.69, 9.17) is 5.26 Å². The lowest BCUT2D eigenvalue weighted by molar-refractivity contribution is 0.558. The van der Waals surface area contributed by atoms with Gasteiger partial charge in [0.2, 0.25) is 0 Å². The first-order valence-electron chi connectivity index (χ1n) is 6.81. The van der Waals surface area contributed by atoms with Crippen molar-refractivity contribution in [2.45, 2.75) is 25.7 Å². The van der Waals surface area contributed by atoms with Gasteiger partial charge in [-0.05, 0) is 49.7 Å². The van der Waals surface area contributed by atoms with Gasteiger partial charge in [0, 0.05) is 13.1 Å². The van der Waals surface area contributed by atoms with Gasteiger partial charge in [-0.2, -0.15) is 5.26 Å². The maximum atomic E-state index is 14.1. The Bertz CT molecular complexity index is 490. The van der Waals surface area contributed by atoms with Crippen molar-refractivity contribution in [1.29, 1.82) is 5.26 Å². The molecule has 0 unspecified atom stereocenters. The van der Waals surface area contributed by atoms with E-state index in [1.54, 1.807) is 6.07 Å². The number of anilines is 1. The molecule has 0 aliphatic heterocycles. The summed E-state index contributed by atoms with van der Waals surface area (Å²) in [4.78, 5) is 1.85. The molecule has 0 atom stereocenters. The Morgan fingerprint density at radius 1 is 1.05 bits per heavy atom. The number of halogens is 2. The fourth-order valence-electron chi connectivity index (χ4n) is 2.41. The zero-order chi connectivity index (χ0) is 13.4. The Hall–Kier alpha value is -1.63. The predicted octanol–water partition coefficient (Wildman–Crippen LogP) is 3.46. The van der Waals surface area contributed by atoms with Crippen molar-refractivity contribution in [3.05, 3.63) is 29.3 Å². The molecule has 3 rings (SSSR count). The smallest absolute Gasteiger partial charge is 0.150 e. The topological polar surface area (TPSA) is 27.0 Å². The molecule has 19 heavy (non-hydrogen) atoms. The average Bonchev–Trinajstić information content (AvgIpc) is 3.23. The highest BCUT2D eigenvalue weighted by molar-refractivity contribution is 5.53. The first-order chi connectivity index (χ1) is 9.17. The number of benzene rings is 1. The fourth-order valence-corrected chi connectivity index (χ4v) is 2.41. The second-order valence-corrected chi connectivity index (χ2v) is 5.69. The van der Waals surface area contributed by atoms with Gasteiger partial charge in [0.15, 0.2) is 11.6 Å². The fraction of sp³-hybridized carbons (Fsp3) is 0.533. The van der Waals surface area contributed by atoms with Gasteiger partial charge in [-0.3, -0.25) is 0 Å². The molecule has 0 N–H and O–H groups in total. The van der Waals surface area contributed by atoms with E-state index >= 15 is 0 Å². The number of nitrogens with zero attached hydrogens (tertiary/aromatic N) is 2. The lowest BCUT2D eigenvalue weighted by atomic mass is 10.1. The molecular weight excluding hydrogens is 246 g/mol. The van der Waals surface area contributed by atoms with Crippen LogP contribution in [0.4, 0.5) is 14.5 Å². The highest BCUT2D eigenvalue weighted by atomic mass is 19.1. The third-order valence-corrected chi connectivity index (χ3v) is 3.81. The van der Waals surface area contributed by atoms with Crippen molar-refractivity contribution in [1.82, 2.24) is 0 Å². The summed E-state index contributed by atoms with van der Waals surface area (Å²) in [5.41, 5.74) is 0.0920. The van der Waals surface area contributed by atoms with E-state index < -0.39 is 11.6 Å². The summed E-state index contributed by atoms with van der Waals surface area (Å²) in [6.45, 7) is 1.46. The summed E-state index contributed by atoms with van der Waals surface area (Å²) in [6.07, 6.45) is 4.61. The molecule has 0 radical (unpaired) electrons. The molecule has 2 aliphatic carbocycles. The van der Waals surface area contributed by atoms with Crippen molar-refractivity contribution in [3.63, 3.8) is 0 Å². The van der Waals surface area contributed by atoms with Crippen molar-refractivity contribution in [3.8, 4) is 6.07 Å². The summed E-state index contributed by atoms with van der Waals surface area (Å²) in [5.74, 6) is -0.0721. The number of nitriles is 1. The summed E-state index contributed by atoms with van der Waals surface area (Å²) in [7, 11) is 0. The van der Waals surface area contributed by atoms with Crippen LogP contribution in [0, 0.1) is 34.8 Å². The molecule has 2 nitrogen and oxygen atoms in total. The summed E-state index contributed by atoms with van der Waals surface area (Å²) in [5, 5.41) is 8.73. The first-order valence-corrected chi connectivity index (χ1v) is 6.81. The number of hydrogen-bond donors (Lipinski definition) is 0. The predicted molar refractivity (Wildman–Crippen MR) is 68.7 cm³/mol. The van der Waals surface area contributed by atoms with Crippen LogP contribution in [0.2, 0.25) is 0 Å². The molecular formula is C15H16F2N2. The molecule has 2 saturated carbocycles. The van der Waals surface area contributed by atoms with Crippen LogP contribution in [-0.4, -0.2) is 13.1 Å². The summed E-state index contributed by atoms with van der Waals surface area (Å²) < 4.78 is 28.1. The standard InChI is InChI=1S/C15H16F2N2/c16-13-5-12(7-18)6-14(17)15(13)19(8-10-1-2-10)9-11-3-4-11/h5-6,10-11H,1-4,8-9H2. The second-order valence-electron chi connectivity index (χ2n) is 5.69. The number of rotatable bonds is 5. The molecule has 0 saturated heterocycles. The minimum absolute atomic E-state index is 0.0385. The van der Waals surface area contributed by atoms with Crippen LogP contribution in [0.15, 0.2) is 12.1 Å². The molecule has 4 heteroatoms. The van der Waals surface area contributed by atoms with Gasteiger partial charge in [0.1, 0.15) is 5.69 Å². The molecule has 0 amide bonds. The van der Waals surface area contributed by atoms with Gasteiger partial charge in [0.25, 0.3) is 0 Å². The Labute approximate surface area is 111 Å². The van der Waals surface area contributed by atoms with Crippen LogP contribution in [0.25, 0.3) is 0 Å². The van der Waals surface area contributed by atoms with E-state index in [1.165, 1.54) is 0 Å². The summed E-state index contributed by atoms with van der Waals surface area (Å²) >= 11 is 0. The van der Waals surface area contributed by atoms with E-state index in [1.807, 2.05) is 4.90 Å². The van der Waals surface area contributed by atoms with E-state index in [0.717, 1.165) is 50.9 Å². The molecule has 2 fully saturated rings. The van der Waals surface area contributed by atoms with E-state index in [-0.39, 0.29) is 11.3 Å². The minimum atomic E-state index is -0.613. The molecule has 100 valence electrons. The maximum Gasteiger partial charge on any atom is 0.150 e. The third-order valence-electron chi connectivity index (χ3n) is 3.81. The lowest BCUT2D eigenvalue weighted by Crippen LogP contribution is -2.30. The number of hydrogen-bond acceptors (Lipinski definition) is 2. The van der Waals surface area contributed by atoms with Crippen molar-refractivity contribution >= 4 is 5.69 Å². The van der Waals surface area contributed by atoms with E-state index in [2.05, 4.69) is 0 Å². The van der Waals surface area contributed by atoms with Crippen LogP contribution in [-0.2, 0) is 0 Å². The molecule has 0 spiro atoms. The van der Waals surface area contributed by atoms with Gasteiger partial charge in [-0.15, -0.1) is 0 Å². The highest BCUT2D eigenvalue weighted by Gasteiger charge is 2.31. The molecule has 0 bridgehead atoms. The molecule has 0 heterocycles. The Morgan fingerprint density at radius 2 is 1.53 bits per heavy atom. The Kier molecular flexibility index (Phi) is 3.14. The zero-order valence-corrected chi connectivity index (χ0v) is 10.7. The average molecular weight is 262 g/mol. The Balaban J connectivity index is 1.89. The van der Waals surface area contributed by atoms with E-state index in [0.29, 0.717) is 11.8 Å². The lowest BCUT2D eigenvalue weighted by Gasteiger charge is -2.25. The SMILES string of the molecule is N#Cc1cc(F)c(N(CC2CC2)CC2CC2)c(F)c1. The second kappa shape index (κ2) is 4.80. The van der Waals surface area contributed by atoms with Crippen LogP contribution in [0.5, 0.6) is 0 Å². The van der Waals surface area contributed by atoms with Gasteiger partial charge in [0.05, 0.1) is 11.6 Å². The van der Waals surface area contributed by atoms with Gasteiger partial charge >= 0.3 is 0 Å². The quantitative estimate of drug-likeness (QED) is 0.812. The van der Waals surface area contributed by atoms with Gasteiger partial charge < -0.3 is 4.90 Å². The van der Waals surface area contributed by atoms with Crippen LogP contribution >= 0.6 is 0 Å².